The fraction of sp³-hybridized carbons (Fsp3) is 0.500. The Labute approximate surface area is 88.3 Å². The number of hydrogen-bond donors (Lipinski definition) is 3. The summed E-state index contributed by atoms with van der Waals surface area (Å²) >= 11 is 0. The van der Waals surface area contributed by atoms with E-state index in [-0.39, 0.29) is 11.9 Å². The largest absolute Gasteiger partial charge is 0.368 e. The van der Waals surface area contributed by atoms with Crippen molar-refractivity contribution in [3.8, 4) is 0 Å². The lowest BCUT2D eigenvalue weighted by Crippen LogP contribution is -2.13. The van der Waals surface area contributed by atoms with Crippen LogP contribution in [0.3, 0.4) is 0 Å². The zero-order chi connectivity index (χ0) is 11.8. The average molecular weight is 212 g/mol. The molecule has 0 spiro atoms. The molecule has 7 heteroatoms. The molecule has 84 valence electrons. The van der Waals surface area contributed by atoms with Crippen LogP contribution in [0.1, 0.15) is 13.8 Å². The van der Waals surface area contributed by atoms with Gasteiger partial charge >= 0.3 is 0 Å². The number of rotatable bonds is 3. The molecule has 0 radical (unpaired) electrons. The summed E-state index contributed by atoms with van der Waals surface area (Å²) in [6.45, 7) is 6.95. The van der Waals surface area contributed by atoms with Crippen molar-refractivity contribution in [2.75, 3.05) is 23.3 Å². The molecule has 1 aromatic heterocycles. The Bertz CT molecular complexity index is 283. The van der Waals surface area contributed by atoms with Crippen LogP contribution in [0.2, 0.25) is 0 Å². The highest BCUT2D eigenvalue weighted by Crippen LogP contribution is 2.04. The maximum atomic E-state index is 8.00. The lowest BCUT2D eigenvalue weighted by atomic mass is 10.2. The first-order valence-corrected chi connectivity index (χ1v) is 4.37. The Balaban J connectivity index is 0.000000921. The fourth-order valence-corrected chi connectivity index (χ4v) is 0.784. The SMILES string of the molecule is C=O.CC(C)CNc1nc(N)nc(N)n1. The molecule has 0 amide bonds. The second kappa shape index (κ2) is 6.52. The molecule has 1 rings (SSSR count). The van der Waals surface area contributed by atoms with Crippen LogP contribution in [0.5, 0.6) is 0 Å². The van der Waals surface area contributed by atoms with E-state index in [1.807, 2.05) is 6.79 Å². The highest BCUT2D eigenvalue weighted by Gasteiger charge is 2.01. The van der Waals surface area contributed by atoms with Gasteiger partial charge in [-0.25, -0.2) is 0 Å². The standard InChI is InChI=1S/C7H14N6.CH2O/c1-4(2)3-10-7-12-5(8)11-6(9)13-7;1-2/h4H,3H2,1-2H3,(H5,8,9,10,11,12,13);1H2. The fourth-order valence-electron chi connectivity index (χ4n) is 0.784. The summed E-state index contributed by atoms with van der Waals surface area (Å²) in [6.07, 6.45) is 0. The lowest BCUT2D eigenvalue weighted by molar-refractivity contribution is -0.0979. The second-order valence-corrected chi connectivity index (χ2v) is 3.15. The van der Waals surface area contributed by atoms with E-state index >= 15 is 0 Å². The van der Waals surface area contributed by atoms with Gasteiger partial charge < -0.3 is 21.6 Å². The molecule has 0 aromatic carbocycles. The van der Waals surface area contributed by atoms with Crippen molar-refractivity contribution >= 4 is 24.6 Å². The van der Waals surface area contributed by atoms with Gasteiger partial charge in [-0.3, -0.25) is 0 Å². The molecule has 0 atom stereocenters. The van der Waals surface area contributed by atoms with Gasteiger partial charge in [0.25, 0.3) is 0 Å². The minimum Gasteiger partial charge on any atom is -0.368 e. The van der Waals surface area contributed by atoms with Gasteiger partial charge in [0.05, 0.1) is 0 Å². The predicted molar refractivity (Wildman–Crippen MR) is 59.1 cm³/mol. The maximum absolute atomic E-state index is 8.00. The highest BCUT2D eigenvalue weighted by atomic mass is 16.1. The van der Waals surface area contributed by atoms with Gasteiger partial charge in [-0.05, 0) is 5.92 Å². The van der Waals surface area contributed by atoms with Gasteiger partial charge in [-0.2, -0.15) is 15.0 Å². The van der Waals surface area contributed by atoms with Gasteiger partial charge in [-0.15, -0.1) is 0 Å². The summed E-state index contributed by atoms with van der Waals surface area (Å²) in [5.74, 6) is 1.22. The summed E-state index contributed by atoms with van der Waals surface area (Å²) in [6, 6.07) is 0. The van der Waals surface area contributed by atoms with Crippen molar-refractivity contribution in [3.63, 3.8) is 0 Å². The van der Waals surface area contributed by atoms with Crippen molar-refractivity contribution in [2.24, 2.45) is 5.92 Å². The molecule has 0 bridgehead atoms. The van der Waals surface area contributed by atoms with Gasteiger partial charge in [0.1, 0.15) is 6.79 Å². The monoisotopic (exact) mass is 212 g/mol. The van der Waals surface area contributed by atoms with Gasteiger partial charge in [-0.1, -0.05) is 13.8 Å². The van der Waals surface area contributed by atoms with Crippen molar-refractivity contribution < 1.29 is 4.79 Å². The number of nitrogens with two attached hydrogens (primary N) is 2. The van der Waals surface area contributed by atoms with E-state index in [0.29, 0.717) is 11.9 Å². The summed E-state index contributed by atoms with van der Waals surface area (Å²) in [5, 5.41) is 3.00. The van der Waals surface area contributed by atoms with E-state index in [0.717, 1.165) is 6.54 Å². The summed E-state index contributed by atoms with van der Waals surface area (Å²) in [4.78, 5) is 19.4. The molecule has 0 fully saturated rings. The number of anilines is 3. The minimum atomic E-state index is 0.138. The van der Waals surface area contributed by atoms with Gasteiger partial charge in [0.15, 0.2) is 0 Å². The quantitative estimate of drug-likeness (QED) is 0.640. The molecule has 0 aliphatic rings. The summed E-state index contributed by atoms with van der Waals surface area (Å²) in [7, 11) is 0. The number of aromatic nitrogens is 3. The molecule has 0 aliphatic heterocycles. The van der Waals surface area contributed by atoms with E-state index < -0.39 is 0 Å². The first-order valence-electron chi connectivity index (χ1n) is 4.37. The minimum absolute atomic E-state index is 0.138. The van der Waals surface area contributed by atoms with Crippen LogP contribution in [0.25, 0.3) is 0 Å². The molecule has 7 nitrogen and oxygen atoms in total. The molecular weight excluding hydrogens is 196 g/mol. The molecule has 0 unspecified atom stereocenters. The average Bonchev–Trinajstić information content (AvgIpc) is 2.16. The summed E-state index contributed by atoms with van der Waals surface area (Å²) in [5.41, 5.74) is 10.8. The third kappa shape index (κ3) is 5.40. The van der Waals surface area contributed by atoms with Crippen LogP contribution in [-0.2, 0) is 4.79 Å². The predicted octanol–water partition coefficient (Wildman–Crippen LogP) is -0.0810. The first kappa shape index (κ1) is 13.1. The number of hydrogen-bond acceptors (Lipinski definition) is 7. The number of carbonyl (C=O) groups excluding carboxylic acids is 1. The molecule has 5 N–H and O–H groups in total. The van der Waals surface area contributed by atoms with Gasteiger partial charge in [0.2, 0.25) is 17.8 Å². The highest BCUT2D eigenvalue weighted by molar-refractivity contribution is 5.36. The number of nitrogens with zero attached hydrogens (tertiary/aromatic N) is 3. The van der Waals surface area contributed by atoms with Gasteiger partial charge in [0, 0.05) is 6.54 Å². The van der Waals surface area contributed by atoms with Crippen LogP contribution in [0.15, 0.2) is 0 Å². The number of nitrogen functional groups attached to an aromatic ring is 2. The van der Waals surface area contributed by atoms with Crippen LogP contribution in [0, 0.1) is 5.92 Å². The molecule has 1 aromatic rings. The Morgan fingerprint density at radius 2 is 1.67 bits per heavy atom. The van der Waals surface area contributed by atoms with Crippen LogP contribution >= 0.6 is 0 Å². The molecule has 1 heterocycles. The number of carbonyl (C=O) groups is 1. The third-order valence-corrected chi connectivity index (χ3v) is 1.34. The molecule has 0 saturated heterocycles. The Kier molecular flexibility index (Phi) is 5.69. The second-order valence-electron chi connectivity index (χ2n) is 3.15. The summed E-state index contributed by atoms with van der Waals surface area (Å²) < 4.78 is 0. The van der Waals surface area contributed by atoms with Crippen molar-refractivity contribution in [2.45, 2.75) is 13.8 Å². The van der Waals surface area contributed by atoms with E-state index in [1.165, 1.54) is 0 Å². The van der Waals surface area contributed by atoms with Crippen molar-refractivity contribution in [1.82, 2.24) is 15.0 Å². The normalized spacial score (nSPS) is 9.27. The zero-order valence-electron chi connectivity index (χ0n) is 8.90. The maximum Gasteiger partial charge on any atom is 0.229 e. The van der Waals surface area contributed by atoms with E-state index in [2.05, 4.69) is 34.1 Å². The van der Waals surface area contributed by atoms with Crippen molar-refractivity contribution in [1.29, 1.82) is 0 Å². The van der Waals surface area contributed by atoms with Crippen LogP contribution in [-0.4, -0.2) is 28.3 Å². The molecular formula is C8H16N6O. The van der Waals surface area contributed by atoms with Crippen LogP contribution < -0.4 is 16.8 Å². The Hall–Kier alpha value is -1.92. The van der Waals surface area contributed by atoms with E-state index in [1.54, 1.807) is 0 Å². The molecule has 0 saturated carbocycles. The lowest BCUT2D eigenvalue weighted by Gasteiger charge is -2.07. The van der Waals surface area contributed by atoms with E-state index in [4.69, 9.17) is 16.3 Å². The number of nitrogens with one attached hydrogen (secondary N) is 1. The topological polar surface area (TPSA) is 120 Å². The van der Waals surface area contributed by atoms with E-state index in [9.17, 15) is 0 Å². The Morgan fingerprint density at radius 1 is 1.20 bits per heavy atom. The zero-order valence-corrected chi connectivity index (χ0v) is 8.90. The first-order chi connectivity index (χ1) is 7.08. The molecule has 0 aliphatic carbocycles. The molecule has 15 heavy (non-hydrogen) atoms. The third-order valence-electron chi connectivity index (χ3n) is 1.34. The Morgan fingerprint density at radius 3 is 2.07 bits per heavy atom. The smallest absolute Gasteiger partial charge is 0.229 e. The van der Waals surface area contributed by atoms with Crippen molar-refractivity contribution in [3.05, 3.63) is 0 Å². The van der Waals surface area contributed by atoms with Crippen LogP contribution in [0.4, 0.5) is 17.8 Å².